The van der Waals surface area contributed by atoms with Crippen LogP contribution in [0.2, 0.25) is 0 Å². The summed E-state index contributed by atoms with van der Waals surface area (Å²) in [6.07, 6.45) is 7.30. The highest BCUT2D eigenvalue weighted by Gasteiger charge is 2.30. The number of aromatic nitrogens is 8. The Morgan fingerprint density at radius 3 is 1.70 bits per heavy atom. The summed E-state index contributed by atoms with van der Waals surface area (Å²) in [5, 5.41) is 12.7. The first-order chi connectivity index (χ1) is 26.0. The molecule has 0 bridgehead atoms. The van der Waals surface area contributed by atoms with Crippen molar-refractivity contribution in [3.05, 3.63) is 89.3 Å². The first kappa shape index (κ1) is 35.6. The van der Waals surface area contributed by atoms with Gasteiger partial charge in [-0.1, -0.05) is 0 Å². The average molecular weight is 782 g/mol. The fraction of sp³-hybridized carbons (Fsp3) is 0.421. The van der Waals surface area contributed by atoms with E-state index in [-0.39, 0.29) is 0 Å². The number of anilines is 1. The predicted octanol–water partition coefficient (Wildman–Crippen LogP) is 3.77. The van der Waals surface area contributed by atoms with Crippen molar-refractivity contribution in [2.24, 2.45) is 0 Å². The zero-order valence-corrected chi connectivity index (χ0v) is 31.8. The number of fused-ring (bicyclic) bond motifs is 2. The van der Waals surface area contributed by atoms with Crippen molar-refractivity contribution < 1.29 is 9.47 Å². The quantitative estimate of drug-likeness (QED) is 0.274. The fourth-order valence-electron chi connectivity index (χ4n) is 6.87. The number of pyridine rings is 2. The van der Waals surface area contributed by atoms with Gasteiger partial charge in [0.25, 0.3) is 0 Å². The number of piperazine rings is 2. The average Bonchev–Trinajstić information content (AvgIpc) is 3.74. The molecule has 10 rings (SSSR count). The van der Waals surface area contributed by atoms with Crippen molar-refractivity contribution >= 4 is 33.0 Å². The Balaban J connectivity index is 0.000000126. The highest BCUT2D eigenvalue weighted by molar-refractivity contribution is 9.10. The third kappa shape index (κ3) is 8.25. The van der Waals surface area contributed by atoms with Crippen LogP contribution >= 0.6 is 15.9 Å². The molecule has 0 unspecified atom stereocenters. The number of nitrogens with zero attached hydrogens (tertiary/aromatic N) is 11. The third-order valence-corrected chi connectivity index (χ3v) is 10.7. The van der Waals surface area contributed by atoms with Crippen LogP contribution < -0.4 is 10.2 Å². The monoisotopic (exact) mass is 780 g/mol. The number of imidazole rings is 2. The van der Waals surface area contributed by atoms with E-state index in [1.165, 1.54) is 13.1 Å². The molecule has 4 aliphatic heterocycles. The highest BCUT2D eigenvalue weighted by Crippen LogP contribution is 2.24. The van der Waals surface area contributed by atoms with E-state index >= 15 is 0 Å². The molecule has 14 nitrogen and oxygen atoms in total. The number of nitrogens with one attached hydrogen (secondary N) is 1. The van der Waals surface area contributed by atoms with E-state index in [2.05, 4.69) is 67.0 Å². The molecule has 1 N–H and O–H groups in total. The number of aryl methyl sites for hydroxylation is 2. The highest BCUT2D eigenvalue weighted by atomic mass is 79.9. The number of halogens is 1. The van der Waals surface area contributed by atoms with E-state index < -0.39 is 0 Å². The van der Waals surface area contributed by atoms with Crippen molar-refractivity contribution in [3.8, 4) is 22.5 Å². The largest absolute Gasteiger partial charge is 0.378 e. The summed E-state index contributed by atoms with van der Waals surface area (Å²) < 4.78 is 15.0. The van der Waals surface area contributed by atoms with Gasteiger partial charge in [-0.25, -0.2) is 14.5 Å². The number of ether oxygens (including phenoxy) is 2. The SMILES string of the molecule is C1CN(C2COC2)CCN1.Cc1cc(-c2ccc3ncc(Br)n3n2)ccn1.Cc1cc(-c2ccc3ncc(N4CCN(C5COC5)CC4)n3n2)ccn1. The lowest BCUT2D eigenvalue weighted by molar-refractivity contribution is -0.0677. The van der Waals surface area contributed by atoms with Crippen LogP contribution in [0.25, 0.3) is 33.8 Å². The van der Waals surface area contributed by atoms with Gasteiger partial charge in [0.15, 0.2) is 17.1 Å². The molecule has 0 saturated carbocycles. The maximum Gasteiger partial charge on any atom is 0.155 e. The molecule has 0 radical (unpaired) electrons. The Morgan fingerprint density at radius 2 is 1.15 bits per heavy atom. The van der Waals surface area contributed by atoms with Gasteiger partial charge >= 0.3 is 0 Å². The lowest BCUT2D eigenvalue weighted by atomic mass is 10.1. The summed E-state index contributed by atoms with van der Waals surface area (Å²) in [6, 6.07) is 17.3. The Labute approximate surface area is 317 Å². The van der Waals surface area contributed by atoms with E-state index in [9.17, 15) is 0 Å². The molecule has 4 aliphatic rings. The molecule has 4 fully saturated rings. The van der Waals surface area contributed by atoms with Crippen molar-refractivity contribution in [2.75, 3.05) is 83.7 Å². The van der Waals surface area contributed by atoms with Crippen LogP contribution in [0.3, 0.4) is 0 Å². The molecule has 0 amide bonds. The second-order valence-corrected chi connectivity index (χ2v) is 14.6. The molecule has 0 atom stereocenters. The summed E-state index contributed by atoms with van der Waals surface area (Å²) in [4.78, 5) is 24.6. The minimum atomic E-state index is 0.610. The van der Waals surface area contributed by atoms with Gasteiger partial charge in [0.2, 0.25) is 0 Å². The molecular formula is C38H45BrN12O2. The third-order valence-electron chi connectivity index (χ3n) is 10.1. The van der Waals surface area contributed by atoms with E-state index in [0.717, 1.165) is 127 Å². The normalized spacial score (nSPS) is 18.5. The molecule has 6 aromatic heterocycles. The molecule has 4 saturated heterocycles. The van der Waals surface area contributed by atoms with Crippen LogP contribution in [0, 0.1) is 13.8 Å². The molecule has 0 spiro atoms. The second-order valence-electron chi connectivity index (χ2n) is 13.7. The molecule has 10 heterocycles. The fourth-order valence-corrected chi connectivity index (χ4v) is 7.23. The zero-order chi connectivity index (χ0) is 36.1. The van der Waals surface area contributed by atoms with Crippen molar-refractivity contribution in [1.29, 1.82) is 0 Å². The molecule has 15 heteroatoms. The Morgan fingerprint density at radius 1 is 0.623 bits per heavy atom. The molecule has 6 aromatic rings. The van der Waals surface area contributed by atoms with Gasteiger partial charge in [0.1, 0.15) is 4.60 Å². The summed E-state index contributed by atoms with van der Waals surface area (Å²) in [5.41, 5.74) is 7.65. The van der Waals surface area contributed by atoms with Crippen LogP contribution in [0.4, 0.5) is 5.82 Å². The maximum atomic E-state index is 5.32. The maximum absolute atomic E-state index is 5.32. The van der Waals surface area contributed by atoms with Gasteiger partial charge in [-0.15, -0.1) is 0 Å². The number of hydrogen-bond donors (Lipinski definition) is 1. The van der Waals surface area contributed by atoms with Crippen LogP contribution in [-0.2, 0) is 9.47 Å². The first-order valence-corrected chi connectivity index (χ1v) is 19.1. The molecule has 0 aromatic carbocycles. The first-order valence-electron chi connectivity index (χ1n) is 18.3. The van der Waals surface area contributed by atoms with E-state index in [1.807, 2.05) is 73.2 Å². The minimum absolute atomic E-state index is 0.610. The topological polar surface area (TPSA) is 126 Å². The van der Waals surface area contributed by atoms with Crippen LogP contribution in [0.5, 0.6) is 0 Å². The Kier molecular flexibility index (Phi) is 11.0. The van der Waals surface area contributed by atoms with Gasteiger partial charge in [0, 0.05) is 87.3 Å². The van der Waals surface area contributed by atoms with E-state index in [4.69, 9.17) is 14.6 Å². The summed E-state index contributed by atoms with van der Waals surface area (Å²) in [5.74, 6) is 1.07. The minimum Gasteiger partial charge on any atom is -0.378 e. The van der Waals surface area contributed by atoms with Gasteiger partial charge < -0.3 is 19.7 Å². The number of hydrogen-bond acceptors (Lipinski definition) is 12. The van der Waals surface area contributed by atoms with Gasteiger partial charge in [-0.2, -0.15) is 14.7 Å². The Bertz CT molecular complexity index is 2130. The summed E-state index contributed by atoms with van der Waals surface area (Å²) in [7, 11) is 0. The smallest absolute Gasteiger partial charge is 0.155 e. The van der Waals surface area contributed by atoms with Gasteiger partial charge in [-0.3, -0.25) is 19.8 Å². The lowest BCUT2D eigenvalue weighted by Crippen LogP contribution is -2.56. The molecular weight excluding hydrogens is 736 g/mol. The zero-order valence-electron chi connectivity index (χ0n) is 30.2. The standard InChI is InChI=1S/C19H22N6O.C12H9BrN4.C7H14N2O/c1-14-10-15(4-5-20-14)17-2-3-18-21-11-19(25(18)22-17)24-8-6-23(7-9-24)16-12-26-13-16;1-8-6-9(4-5-14-8)10-2-3-12-15-7-11(13)17(12)16-10;1-3-9(4-2-8-1)7-5-10-6-7/h2-5,10-11,16H,6-9,12-13H2,1H3;2-7H,1H3;7-8H,1-6H2. The molecule has 53 heavy (non-hydrogen) atoms. The van der Waals surface area contributed by atoms with Crippen LogP contribution in [-0.4, -0.2) is 140 Å². The second kappa shape index (κ2) is 16.3. The Hall–Kier alpha value is -4.38. The van der Waals surface area contributed by atoms with E-state index in [0.29, 0.717) is 6.04 Å². The van der Waals surface area contributed by atoms with E-state index in [1.54, 1.807) is 16.9 Å². The van der Waals surface area contributed by atoms with Crippen molar-refractivity contribution in [2.45, 2.75) is 25.9 Å². The number of rotatable bonds is 5. The summed E-state index contributed by atoms with van der Waals surface area (Å²) in [6.45, 7) is 16.4. The molecule has 0 aliphatic carbocycles. The van der Waals surface area contributed by atoms with Crippen LogP contribution in [0.1, 0.15) is 11.4 Å². The predicted molar refractivity (Wildman–Crippen MR) is 207 cm³/mol. The van der Waals surface area contributed by atoms with Gasteiger partial charge in [-0.05, 0) is 78.3 Å². The lowest BCUT2D eigenvalue weighted by Gasteiger charge is -2.42. The van der Waals surface area contributed by atoms with Crippen LogP contribution in [0.15, 0.2) is 77.9 Å². The van der Waals surface area contributed by atoms with Gasteiger partial charge in [0.05, 0.1) is 62.3 Å². The van der Waals surface area contributed by atoms with Crippen molar-refractivity contribution in [3.63, 3.8) is 0 Å². The molecule has 276 valence electrons. The summed E-state index contributed by atoms with van der Waals surface area (Å²) >= 11 is 3.41. The van der Waals surface area contributed by atoms with Crippen molar-refractivity contribution in [1.82, 2.24) is 54.3 Å².